The van der Waals surface area contributed by atoms with Gasteiger partial charge in [0.25, 0.3) is 5.91 Å². The number of aromatic amines is 2. The number of rotatable bonds is 10. The van der Waals surface area contributed by atoms with Crippen molar-refractivity contribution in [1.29, 1.82) is 0 Å². The van der Waals surface area contributed by atoms with Crippen molar-refractivity contribution < 1.29 is 28.7 Å². The molecule has 10 rings (SSSR count). The van der Waals surface area contributed by atoms with Crippen LogP contribution >= 0.6 is 0 Å². The van der Waals surface area contributed by atoms with E-state index in [0.29, 0.717) is 23.3 Å². The Kier molecular flexibility index (Phi) is 10.2. The molecule has 324 valence electrons. The highest BCUT2D eigenvalue weighted by Gasteiger charge is 2.61. The van der Waals surface area contributed by atoms with Crippen LogP contribution in [0.3, 0.4) is 0 Å². The normalized spacial score (nSPS) is 24.4. The SMILES string of the molecule is COC(=O)N[C@H](C(=O)N1[C@@H]2CC[C@@H](C2)[C@H]1c1nc2c(ccc3cc(-c4ccc(-c5cnc([C@@H]6C[C@H]7[C@@H](C)[C@H]7N6C(=O)[C@H](NC(=O)OC)c6ccccc6)[nH]5)cc4)ccc32)[nH]1)C(C)C. The van der Waals surface area contributed by atoms with Crippen LogP contribution in [-0.2, 0) is 19.1 Å². The lowest BCUT2D eigenvalue weighted by molar-refractivity contribution is -0.139. The van der Waals surface area contributed by atoms with Crippen molar-refractivity contribution in [1.82, 2.24) is 40.4 Å². The lowest BCUT2D eigenvalue weighted by atomic mass is 9.95. The third-order valence-electron chi connectivity index (χ3n) is 14.2. The molecule has 2 saturated heterocycles. The first-order valence-corrected chi connectivity index (χ1v) is 22.0. The van der Waals surface area contributed by atoms with Crippen LogP contribution < -0.4 is 10.6 Å². The maximum atomic E-state index is 14.3. The molecular formula is C49H52N8O6. The molecule has 14 heteroatoms. The molecular weight excluding hydrogens is 797 g/mol. The van der Waals surface area contributed by atoms with E-state index < -0.39 is 24.3 Å². The summed E-state index contributed by atoms with van der Waals surface area (Å²) in [6.45, 7) is 6.04. The summed E-state index contributed by atoms with van der Waals surface area (Å²) in [5.74, 6) is 2.17. The third kappa shape index (κ3) is 7.05. The predicted molar refractivity (Wildman–Crippen MR) is 237 cm³/mol. The predicted octanol–water partition coefficient (Wildman–Crippen LogP) is 8.21. The lowest BCUT2D eigenvalue weighted by Crippen LogP contribution is -2.54. The molecule has 14 nitrogen and oxygen atoms in total. The molecule has 4 aliphatic rings. The summed E-state index contributed by atoms with van der Waals surface area (Å²) in [4.78, 5) is 74.0. The van der Waals surface area contributed by atoms with Gasteiger partial charge < -0.3 is 39.9 Å². The summed E-state index contributed by atoms with van der Waals surface area (Å²) in [7, 11) is 2.61. The maximum Gasteiger partial charge on any atom is 0.407 e. The molecule has 4 aromatic carbocycles. The van der Waals surface area contributed by atoms with Gasteiger partial charge in [0.05, 0.1) is 49.2 Å². The third-order valence-corrected chi connectivity index (χ3v) is 14.2. The number of carbonyl (C=O) groups is 4. The van der Waals surface area contributed by atoms with Crippen molar-refractivity contribution in [2.75, 3.05) is 14.2 Å². The van der Waals surface area contributed by atoms with E-state index in [0.717, 1.165) is 81.5 Å². The van der Waals surface area contributed by atoms with E-state index in [1.165, 1.54) is 14.2 Å². The van der Waals surface area contributed by atoms with Crippen LogP contribution in [0.1, 0.15) is 81.8 Å². The maximum absolute atomic E-state index is 14.3. The number of hydrogen-bond acceptors (Lipinski definition) is 8. The highest BCUT2D eigenvalue weighted by Crippen LogP contribution is 2.58. The molecule has 4 heterocycles. The standard InChI is InChI=1S/C49H52N8O6/c1-25(2)39(54-48(60)62-4)46(58)56-33-18-15-32(22-33)43(56)45-51-36-20-17-31-21-30(16-19-34(31)41(36)53-45)27-11-13-28(14-12-27)37-24-50-44(52-37)38-23-35-26(3)42(35)57(38)47(59)40(55-49(61)63-5)29-9-7-6-8-10-29/h6-14,16-17,19-21,24-26,32-33,35,38-40,42-43H,15,18,22-23H2,1-5H3,(H,50,52)(H,51,53)(H,54,60)(H,55,61)/t26-,32+,33-,35+,38+,39+,40-,42-,43+/m1/s1. The number of likely N-dealkylation sites (tertiary alicyclic amines) is 2. The number of piperidine rings is 2. The fourth-order valence-corrected chi connectivity index (χ4v) is 10.9. The van der Waals surface area contributed by atoms with Crippen molar-refractivity contribution in [3.05, 3.63) is 108 Å². The summed E-state index contributed by atoms with van der Waals surface area (Å²) in [6.07, 6.45) is 4.26. The molecule has 0 unspecified atom stereocenters. The molecule has 2 aliphatic carbocycles. The van der Waals surface area contributed by atoms with Crippen LogP contribution in [-0.4, -0.2) is 86.1 Å². The van der Waals surface area contributed by atoms with Gasteiger partial charge in [0.15, 0.2) is 0 Å². The molecule has 4 N–H and O–H groups in total. The van der Waals surface area contributed by atoms with Crippen molar-refractivity contribution in [3.8, 4) is 22.4 Å². The van der Waals surface area contributed by atoms with Gasteiger partial charge >= 0.3 is 12.2 Å². The molecule has 0 spiro atoms. The minimum absolute atomic E-state index is 0.0818. The number of imidazole rings is 2. The van der Waals surface area contributed by atoms with Crippen molar-refractivity contribution in [2.45, 2.75) is 82.7 Å². The topological polar surface area (TPSA) is 175 Å². The fraction of sp³-hybridized carbons (Fsp3) is 0.388. The smallest absolute Gasteiger partial charge is 0.407 e. The Balaban J connectivity index is 0.876. The van der Waals surface area contributed by atoms with Crippen molar-refractivity contribution >= 4 is 45.8 Å². The molecule has 2 saturated carbocycles. The second kappa shape index (κ2) is 15.9. The van der Waals surface area contributed by atoms with Crippen LogP contribution in [0.4, 0.5) is 9.59 Å². The number of aromatic nitrogens is 4. The molecule has 2 bridgehead atoms. The molecule has 2 aliphatic heterocycles. The minimum atomic E-state index is -0.885. The Morgan fingerprint density at radius 3 is 2.25 bits per heavy atom. The van der Waals surface area contributed by atoms with E-state index >= 15 is 0 Å². The fourth-order valence-electron chi connectivity index (χ4n) is 10.9. The zero-order valence-corrected chi connectivity index (χ0v) is 36.0. The average molecular weight is 849 g/mol. The monoisotopic (exact) mass is 848 g/mol. The number of benzene rings is 4. The Hall–Kier alpha value is -6.70. The number of ether oxygens (including phenoxy) is 2. The summed E-state index contributed by atoms with van der Waals surface area (Å²) in [5.41, 5.74) is 6.44. The highest BCUT2D eigenvalue weighted by molar-refractivity contribution is 6.05. The number of H-pyrrole nitrogens is 2. The Morgan fingerprint density at radius 1 is 0.778 bits per heavy atom. The molecule has 4 amide bonds. The van der Waals surface area contributed by atoms with Crippen LogP contribution in [0, 0.1) is 23.7 Å². The number of amides is 4. The molecule has 4 fully saturated rings. The van der Waals surface area contributed by atoms with Crippen molar-refractivity contribution in [2.24, 2.45) is 23.7 Å². The van der Waals surface area contributed by atoms with E-state index in [9.17, 15) is 19.2 Å². The van der Waals surface area contributed by atoms with Crippen LogP contribution in [0.25, 0.3) is 44.2 Å². The van der Waals surface area contributed by atoms with Gasteiger partial charge in [0.1, 0.15) is 23.7 Å². The quantitative estimate of drug-likeness (QED) is 0.107. The van der Waals surface area contributed by atoms with Gasteiger partial charge in [-0.05, 0) is 89.1 Å². The number of methoxy groups -OCH3 is 2. The van der Waals surface area contributed by atoms with Gasteiger partial charge in [-0.3, -0.25) is 9.59 Å². The summed E-state index contributed by atoms with van der Waals surface area (Å²) in [6, 6.07) is 26.4. The molecule has 2 aromatic heterocycles. The Labute approximate surface area is 365 Å². The Bertz CT molecular complexity index is 2730. The lowest BCUT2D eigenvalue weighted by Gasteiger charge is -2.37. The van der Waals surface area contributed by atoms with Gasteiger partial charge in [-0.25, -0.2) is 19.6 Å². The van der Waals surface area contributed by atoms with Gasteiger partial charge in [-0.1, -0.05) is 93.6 Å². The number of nitrogens with one attached hydrogen (secondary N) is 4. The minimum Gasteiger partial charge on any atom is -0.453 e. The molecule has 0 radical (unpaired) electrons. The first-order chi connectivity index (χ1) is 30.5. The summed E-state index contributed by atoms with van der Waals surface area (Å²) < 4.78 is 9.75. The Morgan fingerprint density at radius 2 is 1.51 bits per heavy atom. The number of alkyl carbamates (subject to hydrolysis) is 2. The zero-order chi connectivity index (χ0) is 43.7. The highest BCUT2D eigenvalue weighted by atomic mass is 16.5. The van der Waals surface area contributed by atoms with Gasteiger partial charge in [0, 0.05) is 17.5 Å². The number of carbonyl (C=O) groups excluding carboxylic acids is 4. The molecule has 9 atom stereocenters. The molecule has 6 aromatic rings. The first kappa shape index (κ1) is 40.4. The van der Waals surface area contributed by atoms with E-state index in [4.69, 9.17) is 19.4 Å². The molecule has 63 heavy (non-hydrogen) atoms. The van der Waals surface area contributed by atoms with Gasteiger partial charge in [-0.15, -0.1) is 0 Å². The van der Waals surface area contributed by atoms with E-state index in [2.05, 4.69) is 82.1 Å². The number of hydrogen-bond donors (Lipinski definition) is 4. The first-order valence-electron chi connectivity index (χ1n) is 22.0. The van der Waals surface area contributed by atoms with Crippen LogP contribution in [0.15, 0.2) is 91.1 Å². The summed E-state index contributed by atoms with van der Waals surface area (Å²) >= 11 is 0. The second-order valence-electron chi connectivity index (χ2n) is 18.0. The van der Waals surface area contributed by atoms with Crippen LogP contribution in [0.5, 0.6) is 0 Å². The van der Waals surface area contributed by atoms with Crippen LogP contribution in [0.2, 0.25) is 0 Å². The van der Waals surface area contributed by atoms with Gasteiger partial charge in [0.2, 0.25) is 5.91 Å². The number of fused-ring (bicyclic) bond motifs is 6. The zero-order valence-electron chi connectivity index (χ0n) is 36.0. The van der Waals surface area contributed by atoms with Crippen molar-refractivity contribution in [3.63, 3.8) is 0 Å². The van der Waals surface area contributed by atoms with E-state index in [1.54, 1.807) is 0 Å². The average Bonchev–Trinajstić information content (AvgIpc) is 4.04. The van der Waals surface area contributed by atoms with E-state index in [1.807, 2.05) is 60.2 Å². The number of nitrogens with zero attached hydrogens (tertiary/aromatic N) is 4. The van der Waals surface area contributed by atoms with Gasteiger partial charge in [-0.2, -0.15) is 0 Å². The largest absolute Gasteiger partial charge is 0.453 e. The summed E-state index contributed by atoms with van der Waals surface area (Å²) in [5, 5.41) is 7.63. The van der Waals surface area contributed by atoms with E-state index in [-0.39, 0.29) is 41.9 Å². The second-order valence-corrected chi connectivity index (χ2v) is 18.0.